The minimum atomic E-state index is -0.307. The van der Waals surface area contributed by atoms with Gasteiger partial charge in [0.15, 0.2) is 0 Å². The van der Waals surface area contributed by atoms with Gasteiger partial charge in [-0.3, -0.25) is 14.5 Å². The predicted molar refractivity (Wildman–Crippen MR) is 105 cm³/mol. The second kappa shape index (κ2) is 8.39. The first-order chi connectivity index (χ1) is 13.1. The first-order valence-electron chi connectivity index (χ1n) is 8.19. The van der Waals surface area contributed by atoms with Crippen LogP contribution in [0.25, 0.3) is 6.08 Å². The molecule has 2 amide bonds. The molecule has 0 N–H and O–H groups in total. The van der Waals surface area contributed by atoms with Crippen molar-refractivity contribution in [2.45, 2.75) is 6.61 Å². The molecule has 134 valence electrons. The molecule has 1 aliphatic heterocycles. The monoisotopic (exact) mass is 376 g/mol. The fourth-order valence-electron chi connectivity index (χ4n) is 2.51. The van der Waals surface area contributed by atoms with E-state index in [0.717, 1.165) is 27.8 Å². The van der Waals surface area contributed by atoms with Crippen LogP contribution in [0.1, 0.15) is 16.7 Å². The molecule has 1 fully saturated rings. The second-order valence-electron chi connectivity index (χ2n) is 5.71. The van der Waals surface area contributed by atoms with E-state index in [9.17, 15) is 9.59 Å². The zero-order valence-corrected chi connectivity index (χ0v) is 15.2. The highest BCUT2D eigenvalue weighted by Gasteiger charge is 2.33. The molecule has 0 bridgehead atoms. The molecule has 1 heterocycles. The van der Waals surface area contributed by atoms with Crippen molar-refractivity contribution in [3.63, 3.8) is 0 Å². The van der Waals surface area contributed by atoms with Crippen LogP contribution in [0.2, 0.25) is 0 Å². The van der Waals surface area contributed by atoms with Gasteiger partial charge < -0.3 is 4.74 Å². The van der Waals surface area contributed by atoms with Crippen LogP contribution in [0, 0.1) is 11.3 Å². The van der Waals surface area contributed by atoms with Crippen LogP contribution >= 0.6 is 11.8 Å². The van der Waals surface area contributed by atoms with E-state index in [-0.39, 0.29) is 17.7 Å². The van der Waals surface area contributed by atoms with Crippen LogP contribution in [-0.4, -0.2) is 22.6 Å². The Bertz CT molecular complexity index is 958. The van der Waals surface area contributed by atoms with Crippen molar-refractivity contribution in [2.24, 2.45) is 0 Å². The lowest BCUT2D eigenvalue weighted by atomic mass is 10.1. The van der Waals surface area contributed by atoms with Crippen LogP contribution in [0.15, 0.2) is 66.1 Å². The van der Waals surface area contributed by atoms with E-state index in [4.69, 9.17) is 10.00 Å². The van der Waals surface area contributed by atoms with Crippen molar-refractivity contribution in [1.29, 1.82) is 5.26 Å². The predicted octanol–water partition coefficient (Wildman–Crippen LogP) is 4.36. The van der Waals surface area contributed by atoms with Gasteiger partial charge in [-0.25, -0.2) is 0 Å². The fraction of sp³-hybridized carbons (Fsp3) is 0.0952. The Morgan fingerprint density at radius 3 is 2.59 bits per heavy atom. The number of thioether (sulfide) groups is 1. The molecule has 2 aromatic carbocycles. The number of hydrogen-bond donors (Lipinski definition) is 0. The van der Waals surface area contributed by atoms with E-state index in [1.54, 1.807) is 24.3 Å². The molecule has 0 saturated carbocycles. The molecule has 27 heavy (non-hydrogen) atoms. The number of nitriles is 1. The number of ether oxygens (including phenoxy) is 1. The summed E-state index contributed by atoms with van der Waals surface area (Å²) in [5.74, 6) is 0.345. The number of nitrogens with zero attached hydrogens (tertiary/aromatic N) is 2. The van der Waals surface area contributed by atoms with Gasteiger partial charge in [-0.15, -0.1) is 6.58 Å². The highest BCUT2D eigenvalue weighted by atomic mass is 32.2. The summed E-state index contributed by atoms with van der Waals surface area (Å²) in [5, 5.41) is 8.82. The minimum absolute atomic E-state index is 0.207. The number of carbonyl (C=O) groups is 2. The van der Waals surface area contributed by atoms with E-state index in [1.807, 2.05) is 30.3 Å². The normalized spacial score (nSPS) is 15.1. The third-order valence-electron chi connectivity index (χ3n) is 3.90. The standard InChI is InChI=1S/C21H16N2O3S/c1-2-11-23-20(24)19(27-21(23)25)12-15-7-9-18(10-8-15)26-14-17-6-4-3-5-16(17)13-22/h2-10,12H,1,11,14H2/b19-12+. The van der Waals surface area contributed by atoms with Gasteiger partial charge in [-0.1, -0.05) is 36.4 Å². The Hall–Kier alpha value is -3.30. The Kier molecular flexibility index (Phi) is 5.74. The number of hydrogen-bond acceptors (Lipinski definition) is 5. The molecule has 0 aromatic heterocycles. The van der Waals surface area contributed by atoms with E-state index < -0.39 is 0 Å². The van der Waals surface area contributed by atoms with E-state index >= 15 is 0 Å². The summed E-state index contributed by atoms with van der Waals surface area (Å²) in [7, 11) is 0. The number of carbonyl (C=O) groups excluding carboxylic acids is 2. The van der Waals surface area contributed by atoms with Crippen molar-refractivity contribution >= 4 is 29.0 Å². The zero-order valence-electron chi connectivity index (χ0n) is 14.4. The van der Waals surface area contributed by atoms with Gasteiger partial charge in [-0.2, -0.15) is 5.26 Å². The van der Waals surface area contributed by atoms with Crippen molar-refractivity contribution < 1.29 is 14.3 Å². The molecule has 6 heteroatoms. The first-order valence-corrected chi connectivity index (χ1v) is 9.01. The van der Waals surface area contributed by atoms with Crippen LogP contribution in [-0.2, 0) is 11.4 Å². The van der Waals surface area contributed by atoms with Gasteiger partial charge in [0.1, 0.15) is 12.4 Å². The molecular weight excluding hydrogens is 360 g/mol. The maximum Gasteiger partial charge on any atom is 0.293 e. The lowest BCUT2D eigenvalue weighted by Crippen LogP contribution is -2.27. The van der Waals surface area contributed by atoms with Gasteiger partial charge in [0.05, 0.1) is 16.5 Å². The molecule has 2 aromatic rings. The average Bonchev–Trinajstić information content (AvgIpc) is 2.95. The van der Waals surface area contributed by atoms with Gasteiger partial charge in [0, 0.05) is 12.1 Å². The zero-order chi connectivity index (χ0) is 19.2. The molecule has 1 aliphatic rings. The molecule has 0 spiro atoms. The Labute approximate surface area is 161 Å². The summed E-state index contributed by atoms with van der Waals surface area (Å²) >= 11 is 0.921. The molecule has 0 unspecified atom stereocenters. The quantitative estimate of drug-likeness (QED) is 0.553. The molecule has 1 saturated heterocycles. The summed E-state index contributed by atoms with van der Waals surface area (Å²) in [6, 6.07) is 16.6. The van der Waals surface area contributed by atoms with Gasteiger partial charge in [-0.05, 0) is 41.6 Å². The molecule has 0 aliphatic carbocycles. The first kappa shape index (κ1) is 18.5. The highest BCUT2D eigenvalue weighted by Crippen LogP contribution is 2.32. The fourth-order valence-corrected chi connectivity index (χ4v) is 3.36. The topological polar surface area (TPSA) is 70.4 Å². The van der Waals surface area contributed by atoms with Crippen molar-refractivity contribution in [1.82, 2.24) is 4.90 Å². The highest BCUT2D eigenvalue weighted by molar-refractivity contribution is 8.18. The molecular formula is C21H16N2O3S. The Morgan fingerprint density at radius 2 is 1.89 bits per heavy atom. The van der Waals surface area contributed by atoms with E-state index in [2.05, 4.69) is 12.6 Å². The summed E-state index contributed by atoms with van der Waals surface area (Å²) in [4.78, 5) is 25.6. The third-order valence-corrected chi connectivity index (χ3v) is 4.80. The van der Waals surface area contributed by atoms with Crippen LogP contribution in [0.3, 0.4) is 0 Å². The second-order valence-corrected chi connectivity index (χ2v) is 6.70. The Morgan fingerprint density at radius 1 is 1.15 bits per heavy atom. The average molecular weight is 376 g/mol. The van der Waals surface area contributed by atoms with E-state index in [1.165, 1.54) is 6.08 Å². The number of benzene rings is 2. The van der Waals surface area contributed by atoms with Crippen LogP contribution < -0.4 is 4.74 Å². The van der Waals surface area contributed by atoms with Gasteiger partial charge in [0.25, 0.3) is 11.1 Å². The van der Waals surface area contributed by atoms with E-state index in [0.29, 0.717) is 22.8 Å². The van der Waals surface area contributed by atoms with Crippen molar-refractivity contribution in [2.75, 3.05) is 6.54 Å². The lowest BCUT2D eigenvalue weighted by molar-refractivity contribution is -0.122. The van der Waals surface area contributed by atoms with Gasteiger partial charge >= 0.3 is 0 Å². The summed E-state index contributed by atoms with van der Waals surface area (Å²) in [6.45, 7) is 4.06. The molecule has 0 atom stereocenters. The maximum atomic E-state index is 12.2. The SMILES string of the molecule is C=CCN1C(=O)S/C(=C/c2ccc(OCc3ccccc3C#N)cc2)C1=O. The summed E-state index contributed by atoms with van der Waals surface area (Å²) in [6.07, 6.45) is 3.21. The number of rotatable bonds is 6. The minimum Gasteiger partial charge on any atom is -0.489 e. The lowest BCUT2D eigenvalue weighted by Gasteiger charge is -2.08. The number of amides is 2. The van der Waals surface area contributed by atoms with Crippen LogP contribution in [0.4, 0.5) is 4.79 Å². The third kappa shape index (κ3) is 4.27. The van der Waals surface area contributed by atoms with Crippen LogP contribution in [0.5, 0.6) is 5.75 Å². The van der Waals surface area contributed by atoms with Gasteiger partial charge in [0.2, 0.25) is 0 Å². The number of imide groups is 1. The van der Waals surface area contributed by atoms with Crippen molar-refractivity contribution in [3.05, 3.63) is 82.8 Å². The maximum absolute atomic E-state index is 12.2. The summed E-state index contributed by atoms with van der Waals surface area (Å²) < 4.78 is 5.73. The molecule has 0 radical (unpaired) electrons. The largest absolute Gasteiger partial charge is 0.489 e. The summed E-state index contributed by atoms with van der Waals surface area (Å²) in [5.41, 5.74) is 2.20. The van der Waals surface area contributed by atoms with Crippen molar-refractivity contribution in [3.8, 4) is 11.8 Å². The Balaban J connectivity index is 1.67. The molecule has 3 rings (SSSR count). The smallest absolute Gasteiger partial charge is 0.293 e. The molecule has 5 nitrogen and oxygen atoms in total.